The minimum absolute atomic E-state index is 0.201. The number of nitrogens with zero attached hydrogens (tertiary/aromatic N) is 4. The van der Waals surface area contributed by atoms with E-state index in [2.05, 4.69) is 22.1 Å². The van der Waals surface area contributed by atoms with Crippen molar-refractivity contribution in [1.82, 2.24) is 19.3 Å². The minimum atomic E-state index is -0.211. The molecule has 170 valence electrons. The number of fused-ring (bicyclic) bond motifs is 1. The lowest BCUT2D eigenvalue weighted by molar-refractivity contribution is -0.126. The summed E-state index contributed by atoms with van der Waals surface area (Å²) in [5.74, 6) is 7.09. The summed E-state index contributed by atoms with van der Waals surface area (Å²) < 4.78 is 8.01. The van der Waals surface area contributed by atoms with Gasteiger partial charge in [0.15, 0.2) is 11.3 Å². The van der Waals surface area contributed by atoms with E-state index < -0.39 is 0 Å². The van der Waals surface area contributed by atoms with Crippen molar-refractivity contribution in [2.75, 3.05) is 17.6 Å². The lowest BCUT2D eigenvalue weighted by Gasteiger charge is -2.21. The Labute approximate surface area is 197 Å². The highest BCUT2D eigenvalue weighted by Gasteiger charge is 2.33. The van der Waals surface area contributed by atoms with Gasteiger partial charge in [0, 0.05) is 30.3 Å². The van der Waals surface area contributed by atoms with Gasteiger partial charge in [0.2, 0.25) is 5.88 Å². The highest BCUT2D eigenvalue weighted by Crippen LogP contribution is 2.37. The molecule has 5 rings (SSSR count). The maximum Gasteiger partial charge on any atom is 0.299 e. The normalized spacial score (nSPS) is 15.1. The smallest absolute Gasteiger partial charge is 0.299 e. The molecule has 8 nitrogen and oxygen atoms in total. The zero-order chi connectivity index (χ0) is 23.5. The molecular weight excluding hydrogens is 428 g/mol. The Morgan fingerprint density at radius 1 is 1.15 bits per heavy atom. The van der Waals surface area contributed by atoms with E-state index in [-0.39, 0.29) is 11.9 Å². The van der Waals surface area contributed by atoms with Crippen LogP contribution in [0.3, 0.4) is 0 Å². The number of nitrogen functional groups attached to an aromatic ring is 1. The Bertz CT molecular complexity index is 1390. The molecule has 1 saturated heterocycles. The summed E-state index contributed by atoms with van der Waals surface area (Å²) in [5.41, 5.74) is 8.72. The first-order valence-corrected chi connectivity index (χ1v) is 11.1. The van der Waals surface area contributed by atoms with E-state index in [1.54, 1.807) is 24.2 Å². The molecule has 0 radical (unpaired) electrons. The molecule has 0 unspecified atom stereocenters. The molecule has 1 aliphatic rings. The van der Waals surface area contributed by atoms with Gasteiger partial charge in [-0.3, -0.25) is 9.20 Å². The number of para-hydroxylation sites is 1. The van der Waals surface area contributed by atoms with Gasteiger partial charge in [-0.2, -0.15) is 4.98 Å². The first kappa shape index (κ1) is 21.3. The van der Waals surface area contributed by atoms with Gasteiger partial charge in [0.05, 0.1) is 6.04 Å². The number of likely N-dealkylation sites (tertiary alicyclic amines) is 1. The predicted molar refractivity (Wildman–Crippen MR) is 131 cm³/mol. The molecule has 4 aromatic rings. The highest BCUT2D eigenvalue weighted by molar-refractivity contribution is 5.94. The van der Waals surface area contributed by atoms with Gasteiger partial charge in [-0.25, -0.2) is 4.98 Å². The molecule has 1 aliphatic heterocycles. The molecule has 2 aromatic heterocycles. The van der Waals surface area contributed by atoms with Crippen molar-refractivity contribution in [2.45, 2.75) is 25.8 Å². The molecular formula is C26H24N6O2. The first-order chi connectivity index (χ1) is 16.6. The van der Waals surface area contributed by atoms with E-state index in [0.717, 1.165) is 24.2 Å². The standard InChI is InChI=1S/C26H24N6O2/c1-2-7-22(33)31-16-6-10-21(31)25-30-26(23-24(27)28-15-17-32(23)25)34-20-13-11-19(12-14-20)29-18-8-4-3-5-9-18/h3-5,8-9,11-15,17,21,29H,6,10,16H2,1H3,(H2,27,28)/t21-/m0/s1. The molecule has 0 bridgehead atoms. The van der Waals surface area contributed by atoms with Crippen LogP contribution in [0.1, 0.15) is 31.6 Å². The number of nitrogens with one attached hydrogen (secondary N) is 1. The van der Waals surface area contributed by atoms with Gasteiger partial charge < -0.3 is 20.7 Å². The molecule has 0 spiro atoms. The molecule has 1 atom stereocenters. The summed E-state index contributed by atoms with van der Waals surface area (Å²) in [6, 6.07) is 17.3. The summed E-state index contributed by atoms with van der Waals surface area (Å²) in [6.45, 7) is 2.30. The molecule has 1 fully saturated rings. The molecule has 0 aliphatic carbocycles. The fourth-order valence-corrected chi connectivity index (χ4v) is 4.22. The van der Waals surface area contributed by atoms with Crippen LogP contribution in [-0.2, 0) is 4.79 Å². The number of ether oxygens (including phenoxy) is 1. The number of hydrogen-bond acceptors (Lipinski definition) is 6. The van der Waals surface area contributed by atoms with Crippen molar-refractivity contribution in [3.05, 3.63) is 72.8 Å². The van der Waals surface area contributed by atoms with Crippen LogP contribution < -0.4 is 15.8 Å². The fourth-order valence-electron chi connectivity index (χ4n) is 4.22. The maximum absolute atomic E-state index is 12.5. The largest absolute Gasteiger partial charge is 0.437 e. The number of rotatable bonds is 5. The average molecular weight is 453 g/mol. The number of benzene rings is 2. The Morgan fingerprint density at radius 3 is 2.68 bits per heavy atom. The third kappa shape index (κ3) is 4.11. The summed E-state index contributed by atoms with van der Waals surface area (Å²) in [7, 11) is 0. The predicted octanol–water partition coefficient (Wildman–Crippen LogP) is 4.53. The molecule has 34 heavy (non-hydrogen) atoms. The molecule has 8 heteroatoms. The van der Waals surface area contributed by atoms with Crippen LogP contribution >= 0.6 is 0 Å². The SMILES string of the molecule is CC#CC(=O)N1CCC[C@H]1c1nc(Oc2ccc(Nc3ccccc3)cc2)c2c(N)nccn12. The first-order valence-electron chi connectivity index (χ1n) is 11.1. The topological polar surface area (TPSA) is 97.8 Å². The number of carbonyl (C=O) groups excluding carboxylic acids is 1. The highest BCUT2D eigenvalue weighted by atomic mass is 16.5. The number of aromatic nitrogens is 3. The summed E-state index contributed by atoms with van der Waals surface area (Å²) in [6.07, 6.45) is 5.08. The van der Waals surface area contributed by atoms with Crippen molar-refractivity contribution < 1.29 is 9.53 Å². The lowest BCUT2D eigenvalue weighted by Crippen LogP contribution is -2.30. The number of carbonyl (C=O) groups is 1. The Balaban J connectivity index is 1.45. The van der Waals surface area contributed by atoms with Crippen LogP contribution in [-0.4, -0.2) is 31.7 Å². The number of nitrogens with two attached hydrogens (primary N) is 1. The lowest BCUT2D eigenvalue weighted by atomic mass is 10.2. The Morgan fingerprint density at radius 2 is 1.91 bits per heavy atom. The van der Waals surface area contributed by atoms with Gasteiger partial charge in [-0.15, -0.1) is 0 Å². The number of amides is 1. The average Bonchev–Trinajstić information content (AvgIpc) is 3.47. The van der Waals surface area contributed by atoms with Crippen molar-refractivity contribution in [3.8, 4) is 23.5 Å². The van der Waals surface area contributed by atoms with Crippen molar-refractivity contribution >= 4 is 28.6 Å². The second-order valence-corrected chi connectivity index (χ2v) is 7.96. The van der Waals surface area contributed by atoms with Gasteiger partial charge >= 0.3 is 0 Å². The zero-order valence-corrected chi connectivity index (χ0v) is 18.7. The van der Waals surface area contributed by atoms with Crippen LogP contribution in [0, 0.1) is 11.8 Å². The molecule has 3 heterocycles. The van der Waals surface area contributed by atoms with E-state index in [4.69, 9.17) is 15.5 Å². The second kappa shape index (κ2) is 9.16. The van der Waals surface area contributed by atoms with Crippen LogP contribution in [0.5, 0.6) is 11.6 Å². The number of imidazole rings is 1. The Kier molecular flexibility index (Phi) is 5.75. The summed E-state index contributed by atoms with van der Waals surface area (Å²) in [4.78, 5) is 23.3. The van der Waals surface area contributed by atoms with Gasteiger partial charge in [-0.1, -0.05) is 24.1 Å². The molecule has 2 aromatic carbocycles. The monoisotopic (exact) mass is 452 g/mol. The van der Waals surface area contributed by atoms with E-state index in [9.17, 15) is 4.79 Å². The summed E-state index contributed by atoms with van der Waals surface area (Å²) in [5, 5.41) is 3.35. The Hall–Kier alpha value is -4.51. The van der Waals surface area contributed by atoms with E-state index >= 15 is 0 Å². The van der Waals surface area contributed by atoms with Gasteiger partial charge in [0.1, 0.15) is 11.6 Å². The molecule has 3 N–H and O–H groups in total. The van der Waals surface area contributed by atoms with Gasteiger partial charge in [0.25, 0.3) is 5.91 Å². The third-order valence-electron chi connectivity index (χ3n) is 5.75. The third-order valence-corrected chi connectivity index (χ3v) is 5.75. The van der Waals surface area contributed by atoms with Crippen molar-refractivity contribution in [3.63, 3.8) is 0 Å². The number of hydrogen-bond donors (Lipinski definition) is 2. The van der Waals surface area contributed by atoms with E-state index in [0.29, 0.717) is 35.3 Å². The quantitative estimate of drug-likeness (QED) is 0.432. The fraction of sp³-hybridized carbons (Fsp3) is 0.192. The maximum atomic E-state index is 12.5. The van der Waals surface area contributed by atoms with E-state index in [1.807, 2.05) is 59.0 Å². The van der Waals surface area contributed by atoms with Crippen molar-refractivity contribution in [1.29, 1.82) is 0 Å². The van der Waals surface area contributed by atoms with Gasteiger partial charge in [-0.05, 0) is 62.1 Å². The summed E-state index contributed by atoms with van der Waals surface area (Å²) >= 11 is 0. The second-order valence-electron chi connectivity index (χ2n) is 7.96. The molecule has 1 amide bonds. The minimum Gasteiger partial charge on any atom is -0.437 e. The van der Waals surface area contributed by atoms with Crippen LogP contribution in [0.2, 0.25) is 0 Å². The number of anilines is 3. The van der Waals surface area contributed by atoms with Crippen LogP contribution in [0.25, 0.3) is 5.52 Å². The van der Waals surface area contributed by atoms with E-state index in [1.165, 1.54) is 0 Å². The van der Waals surface area contributed by atoms with Crippen LogP contribution in [0.4, 0.5) is 17.2 Å². The van der Waals surface area contributed by atoms with Crippen molar-refractivity contribution in [2.24, 2.45) is 0 Å². The zero-order valence-electron chi connectivity index (χ0n) is 18.7. The van der Waals surface area contributed by atoms with Crippen LogP contribution in [0.15, 0.2) is 67.0 Å². The molecule has 0 saturated carbocycles.